The summed E-state index contributed by atoms with van der Waals surface area (Å²) in [5.74, 6) is 0.849. The first kappa shape index (κ1) is 19.4. The van der Waals surface area contributed by atoms with Crippen LogP contribution < -0.4 is 0 Å². The summed E-state index contributed by atoms with van der Waals surface area (Å²) < 4.78 is 12.7. The first-order valence-electron chi connectivity index (χ1n) is 10.1. The van der Waals surface area contributed by atoms with Crippen LogP contribution in [0.15, 0.2) is 36.4 Å². The van der Waals surface area contributed by atoms with E-state index in [2.05, 4.69) is 84.9 Å². The van der Waals surface area contributed by atoms with Gasteiger partial charge in [-0.2, -0.15) is 0 Å². The van der Waals surface area contributed by atoms with Gasteiger partial charge in [0.25, 0.3) is 0 Å². The van der Waals surface area contributed by atoms with Crippen molar-refractivity contribution in [2.45, 2.75) is 84.2 Å². The van der Waals surface area contributed by atoms with Crippen molar-refractivity contribution in [1.82, 2.24) is 0 Å². The lowest BCUT2D eigenvalue weighted by Gasteiger charge is -2.32. The van der Waals surface area contributed by atoms with Crippen molar-refractivity contribution in [3.05, 3.63) is 47.5 Å². The molecule has 0 spiro atoms. The molecule has 0 aromatic heterocycles. The second-order valence-electron chi connectivity index (χ2n) is 8.81. The molecule has 0 N–H and O–H groups in total. The lowest BCUT2D eigenvalue weighted by molar-refractivity contribution is 0.00578. The molecule has 3 rings (SSSR count). The molecule has 2 aromatic carbocycles. The molecule has 0 amide bonds. The van der Waals surface area contributed by atoms with E-state index in [9.17, 15) is 0 Å². The van der Waals surface area contributed by atoms with Gasteiger partial charge in [0.15, 0.2) is 0 Å². The van der Waals surface area contributed by atoms with Crippen LogP contribution in [-0.2, 0) is 9.31 Å². The third-order valence-corrected chi connectivity index (χ3v) is 6.54. The van der Waals surface area contributed by atoms with E-state index in [1.54, 1.807) is 0 Å². The van der Waals surface area contributed by atoms with Gasteiger partial charge >= 0.3 is 7.12 Å². The fraction of sp³-hybridized carbons (Fsp3) is 0.565. The van der Waals surface area contributed by atoms with E-state index in [1.165, 1.54) is 28.3 Å². The molecule has 2 unspecified atom stereocenters. The van der Waals surface area contributed by atoms with E-state index in [1.807, 2.05) is 0 Å². The lowest BCUT2D eigenvalue weighted by atomic mass is 9.66. The quantitative estimate of drug-likeness (QED) is 0.574. The molecule has 1 saturated heterocycles. The molecule has 1 aliphatic rings. The smallest absolute Gasteiger partial charge is 0.403 e. The zero-order valence-electron chi connectivity index (χ0n) is 17.4. The number of rotatable bonds is 5. The van der Waals surface area contributed by atoms with Crippen molar-refractivity contribution in [1.29, 1.82) is 0 Å². The van der Waals surface area contributed by atoms with E-state index in [0.717, 1.165) is 6.42 Å². The first-order valence-corrected chi connectivity index (χ1v) is 10.1. The standard InChI is InChI=1S/C23H33BO2/c1-8-16(3)17-10-11-19-15-20(13-12-18(19)14-17)21(9-2)24-25-22(4,5)23(6,7)26-24/h10-16,21H,8-9H2,1-7H3. The second kappa shape index (κ2) is 7.01. The Balaban J connectivity index is 1.91. The van der Waals surface area contributed by atoms with Crippen LogP contribution >= 0.6 is 0 Å². The van der Waals surface area contributed by atoms with Crippen LogP contribution in [0.3, 0.4) is 0 Å². The molecule has 140 valence electrons. The molecular formula is C23H33BO2. The van der Waals surface area contributed by atoms with Crippen LogP contribution in [0.2, 0.25) is 0 Å². The molecular weight excluding hydrogens is 319 g/mol. The normalized spacial score (nSPS) is 21.1. The van der Waals surface area contributed by atoms with Crippen molar-refractivity contribution in [3.63, 3.8) is 0 Å². The fourth-order valence-corrected chi connectivity index (χ4v) is 3.69. The van der Waals surface area contributed by atoms with Gasteiger partial charge in [0.1, 0.15) is 0 Å². The predicted octanol–water partition coefficient (Wildman–Crippen LogP) is 6.48. The predicted molar refractivity (Wildman–Crippen MR) is 112 cm³/mol. The average molecular weight is 352 g/mol. The highest BCUT2D eigenvalue weighted by Crippen LogP contribution is 2.42. The summed E-state index contributed by atoms with van der Waals surface area (Å²) in [7, 11) is -0.193. The molecule has 2 aromatic rings. The van der Waals surface area contributed by atoms with Gasteiger partial charge in [-0.05, 0) is 61.9 Å². The second-order valence-corrected chi connectivity index (χ2v) is 8.81. The molecule has 1 aliphatic heterocycles. The Morgan fingerprint density at radius 1 is 0.808 bits per heavy atom. The monoisotopic (exact) mass is 352 g/mol. The Morgan fingerprint density at radius 3 is 1.81 bits per heavy atom. The van der Waals surface area contributed by atoms with E-state index in [4.69, 9.17) is 9.31 Å². The number of hydrogen-bond donors (Lipinski definition) is 0. The third-order valence-electron chi connectivity index (χ3n) is 6.54. The highest BCUT2D eigenvalue weighted by molar-refractivity contribution is 6.47. The molecule has 0 saturated carbocycles. The van der Waals surface area contributed by atoms with Gasteiger partial charge in [-0.15, -0.1) is 0 Å². The van der Waals surface area contributed by atoms with E-state index < -0.39 is 0 Å². The van der Waals surface area contributed by atoms with Crippen molar-refractivity contribution < 1.29 is 9.31 Å². The third kappa shape index (κ3) is 3.44. The Labute approximate surface area is 159 Å². The summed E-state index contributed by atoms with van der Waals surface area (Å²) >= 11 is 0. The Hall–Kier alpha value is -1.32. The minimum absolute atomic E-state index is 0.193. The van der Waals surface area contributed by atoms with Crippen molar-refractivity contribution in [3.8, 4) is 0 Å². The minimum atomic E-state index is -0.285. The molecule has 26 heavy (non-hydrogen) atoms. The maximum Gasteiger partial charge on any atom is 0.465 e. The zero-order chi connectivity index (χ0) is 19.1. The van der Waals surface area contributed by atoms with Gasteiger partial charge in [-0.3, -0.25) is 0 Å². The van der Waals surface area contributed by atoms with Gasteiger partial charge in [0, 0.05) is 5.82 Å². The molecule has 2 atom stereocenters. The molecule has 0 bridgehead atoms. The van der Waals surface area contributed by atoms with Crippen molar-refractivity contribution in [2.75, 3.05) is 0 Å². The van der Waals surface area contributed by atoms with Crippen LogP contribution in [0.5, 0.6) is 0 Å². The Morgan fingerprint density at radius 2 is 1.31 bits per heavy atom. The minimum Gasteiger partial charge on any atom is -0.403 e. The van der Waals surface area contributed by atoms with E-state index in [-0.39, 0.29) is 24.1 Å². The molecule has 0 radical (unpaired) electrons. The van der Waals surface area contributed by atoms with Gasteiger partial charge in [-0.25, -0.2) is 0 Å². The van der Waals surface area contributed by atoms with Crippen molar-refractivity contribution in [2.24, 2.45) is 0 Å². The molecule has 2 nitrogen and oxygen atoms in total. The van der Waals surface area contributed by atoms with Gasteiger partial charge in [0.05, 0.1) is 11.2 Å². The molecule has 0 aliphatic carbocycles. The molecule has 1 heterocycles. The van der Waals surface area contributed by atoms with Gasteiger partial charge in [-0.1, -0.05) is 63.6 Å². The van der Waals surface area contributed by atoms with Crippen LogP contribution in [0.4, 0.5) is 0 Å². The summed E-state index contributed by atoms with van der Waals surface area (Å²) in [5.41, 5.74) is 2.15. The van der Waals surface area contributed by atoms with E-state index in [0.29, 0.717) is 5.92 Å². The van der Waals surface area contributed by atoms with E-state index >= 15 is 0 Å². The first-order chi connectivity index (χ1) is 12.2. The maximum atomic E-state index is 6.33. The number of fused-ring (bicyclic) bond motifs is 1. The summed E-state index contributed by atoms with van der Waals surface area (Å²) in [4.78, 5) is 0. The highest BCUT2D eigenvalue weighted by atomic mass is 16.7. The Bertz CT molecular complexity index is 765. The zero-order valence-corrected chi connectivity index (χ0v) is 17.4. The van der Waals surface area contributed by atoms with Gasteiger partial charge < -0.3 is 9.31 Å². The fourth-order valence-electron chi connectivity index (χ4n) is 3.69. The SMILES string of the molecule is CCC(C)c1ccc2cc(C(CC)B3OC(C)(C)C(C)(C)O3)ccc2c1. The largest absolute Gasteiger partial charge is 0.465 e. The maximum absolute atomic E-state index is 6.33. The molecule has 1 fully saturated rings. The summed E-state index contributed by atoms with van der Waals surface area (Å²) in [6, 6.07) is 13.7. The van der Waals surface area contributed by atoms with Crippen molar-refractivity contribution >= 4 is 17.9 Å². The highest BCUT2D eigenvalue weighted by Gasteiger charge is 2.53. The van der Waals surface area contributed by atoms with Crippen LogP contribution in [-0.4, -0.2) is 18.3 Å². The van der Waals surface area contributed by atoms with Gasteiger partial charge in [0.2, 0.25) is 0 Å². The van der Waals surface area contributed by atoms with Crippen LogP contribution in [0, 0.1) is 0 Å². The average Bonchev–Trinajstić information content (AvgIpc) is 2.81. The lowest BCUT2D eigenvalue weighted by Crippen LogP contribution is -2.41. The number of benzene rings is 2. The summed E-state index contributed by atoms with van der Waals surface area (Å²) in [6.07, 6.45) is 2.16. The summed E-state index contributed by atoms with van der Waals surface area (Å²) in [5, 5.41) is 2.61. The van der Waals surface area contributed by atoms with Crippen LogP contribution in [0.1, 0.15) is 84.2 Å². The topological polar surface area (TPSA) is 18.5 Å². The Kier molecular flexibility index (Phi) is 5.25. The molecule has 3 heteroatoms. The van der Waals surface area contributed by atoms with Crippen LogP contribution in [0.25, 0.3) is 10.8 Å². The summed E-state index contributed by atoms with van der Waals surface area (Å²) in [6.45, 7) is 15.2. The number of hydrogen-bond acceptors (Lipinski definition) is 2.